The van der Waals surface area contributed by atoms with Crippen LogP contribution in [0.4, 0.5) is 0 Å². The van der Waals surface area contributed by atoms with Crippen LogP contribution in [0, 0.1) is 18.8 Å². The lowest BCUT2D eigenvalue weighted by Gasteiger charge is -2.34. The number of hydrogen-bond donors (Lipinski definition) is 1. The van der Waals surface area contributed by atoms with Gasteiger partial charge in [-0.05, 0) is 25.2 Å². The zero-order valence-corrected chi connectivity index (χ0v) is 10.7. The minimum Gasteiger partial charge on any atom is -0.361 e. The summed E-state index contributed by atoms with van der Waals surface area (Å²) in [5.74, 6) is 1.75. The van der Waals surface area contributed by atoms with Gasteiger partial charge in [0.2, 0.25) is 0 Å². The maximum atomic E-state index is 11.9. The fourth-order valence-corrected chi connectivity index (χ4v) is 2.50. The van der Waals surface area contributed by atoms with E-state index in [4.69, 9.17) is 4.52 Å². The van der Waals surface area contributed by atoms with E-state index in [0.29, 0.717) is 23.3 Å². The van der Waals surface area contributed by atoms with Gasteiger partial charge in [-0.25, -0.2) is 0 Å². The van der Waals surface area contributed by atoms with Crippen LogP contribution in [0.5, 0.6) is 0 Å². The Morgan fingerprint density at radius 2 is 2.24 bits per heavy atom. The molecule has 4 nitrogen and oxygen atoms in total. The summed E-state index contributed by atoms with van der Waals surface area (Å²) in [6.45, 7) is 6.25. The van der Waals surface area contributed by atoms with Crippen molar-refractivity contribution in [3.8, 4) is 0 Å². The molecule has 2 rings (SSSR count). The first-order chi connectivity index (χ1) is 8.08. The Bertz CT molecular complexity index is 400. The number of carbonyl (C=O) groups is 1. The lowest BCUT2D eigenvalue weighted by molar-refractivity contribution is 0.0882. The Kier molecular flexibility index (Phi) is 3.50. The summed E-state index contributed by atoms with van der Waals surface area (Å²) >= 11 is 0. The smallest absolute Gasteiger partial charge is 0.273 e. The zero-order chi connectivity index (χ0) is 12.4. The number of amides is 1. The third kappa shape index (κ3) is 2.68. The van der Waals surface area contributed by atoms with Gasteiger partial charge in [0.1, 0.15) is 5.76 Å². The molecule has 17 heavy (non-hydrogen) atoms. The highest BCUT2D eigenvalue weighted by molar-refractivity contribution is 5.92. The van der Waals surface area contributed by atoms with Crippen LogP contribution in [0.2, 0.25) is 0 Å². The van der Waals surface area contributed by atoms with Gasteiger partial charge in [0, 0.05) is 12.1 Å². The van der Waals surface area contributed by atoms with Crippen molar-refractivity contribution in [3.63, 3.8) is 0 Å². The third-order valence-corrected chi connectivity index (χ3v) is 3.88. The first-order valence-corrected chi connectivity index (χ1v) is 6.32. The average Bonchev–Trinajstić information content (AvgIpc) is 2.72. The first kappa shape index (κ1) is 12.1. The quantitative estimate of drug-likeness (QED) is 0.858. The third-order valence-electron chi connectivity index (χ3n) is 3.88. The zero-order valence-electron chi connectivity index (χ0n) is 10.7. The molecule has 1 aliphatic carbocycles. The minimum atomic E-state index is -0.118. The molecule has 0 aromatic carbocycles. The highest BCUT2D eigenvalue weighted by Gasteiger charge is 2.28. The molecule has 0 spiro atoms. The molecule has 0 radical (unpaired) electrons. The van der Waals surface area contributed by atoms with Crippen molar-refractivity contribution >= 4 is 5.91 Å². The SMILES string of the molecule is Cc1cc(C(=O)N[C@@H]2CCC[C@@H](C)[C@H]2C)no1. The maximum absolute atomic E-state index is 11.9. The molecule has 1 amide bonds. The van der Waals surface area contributed by atoms with Crippen molar-refractivity contribution in [1.29, 1.82) is 0 Å². The molecule has 0 aliphatic heterocycles. The van der Waals surface area contributed by atoms with Gasteiger partial charge in [0.05, 0.1) is 0 Å². The number of nitrogens with one attached hydrogen (secondary N) is 1. The van der Waals surface area contributed by atoms with Crippen LogP contribution in [0.3, 0.4) is 0 Å². The molecule has 1 aliphatic rings. The normalized spacial score (nSPS) is 29.0. The number of rotatable bonds is 2. The van der Waals surface area contributed by atoms with Gasteiger partial charge < -0.3 is 9.84 Å². The molecule has 1 heterocycles. The molecule has 1 fully saturated rings. The second-order valence-corrected chi connectivity index (χ2v) is 5.17. The van der Waals surface area contributed by atoms with Gasteiger partial charge in [-0.3, -0.25) is 4.79 Å². The molecule has 3 atom stereocenters. The maximum Gasteiger partial charge on any atom is 0.273 e. The van der Waals surface area contributed by atoms with Crippen LogP contribution in [0.1, 0.15) is 49.4 Å². The van der Waals surface area contributed by atoms with E-state index in [2.05, 4.69) is 24.3 Å². The lowest BCUT2D eigenvalue weighted by Crippen LogP contribution is -2.43. The molecule has 0 unspecified atom stereocenters. The monoisotopic (exact) mass is 236 g/mol. The van der Waals surface area contributed by atoms with Crippen molar-refractivity contribution in [3.05, 3.63) is 17.5 Å². The Morgan fingerprint density at radius 1 is 1.47 bits per heavy atom. The van der Waals surface area contributed by atoms with E-state index in [-0.39, 0.29) is 11.9 Å². The summed E-state index contributed by atoms with van der Waals surface area (Å²) in [7, 11) is 0. The van der Waals surface area contributed by atoms with Crippen LogP contribution in [0.25, 0.3) is 0 Å². The van der Waals surface area contributed by atoms with Gasteiger partial charge in [-0.2, -0.15) is 0 Å². The predicted octanol–water partition coefficient (Wildman–Crippen LogP) is 2.54. The Balaban J connectivity index is 1.98. The molecule has 1 N–H and O–H groups in total. The van der Waals surface area contributed by atoms with E-state index in [9.17, 15) is 4.79 Å². The Labute approximate surface area is 102 Å². The van der Waals surface area contributed by atoms with Gasteiger partial charge in [0.15, 0.2) is 5.69 Å². The fraction of sp³-hybridized carbons (Fsp3) is 0.692. The highest BCUT2D eigenvalue weighted by atomic mass is 16.5. The van der Waals surface area contributed by atoms with Crippen LogP contribution in [0.15, 0.2) is 10.6 Å². The van der Waals surface area contributed by atoms with Crippen molar-refractivity contribution in [1.82, 2.24) is 10.5 Å². The number of nitrogens with zero attached hydrogens (tertiary/aromatic N) is 1. The van der Waals surface area contributed by atoms with Crippen molar-refractivity contribution in [2.75, 3.05) is 0 Å². The molecule has 0 saturated heterocycles. The Hall–Kier alpha value is -1.32. The molecule has 0 bridgehead atoms. The molecule has 4 heteroatoms. The van der Waals surface area contributed by atoms with E-state index >= 15 is 0 Å². The average molecular weight is 236 g/mol. The van der Waals surface area contributed by atoms with Gasteiger partial charge in [0.25, 0.3) is 5.91 Å². The summed E-state index contributed by atoms with van der Waals surface area (Å²) in [5.41, 5.74) is 0.382. The topological polar surface area (TPSA) is 55.1 Å². The van der Waals surface area contributed by atoms with E-state index in [1.807, 2.05) is 0 Å². The van der Waals surface area contributed by atoms with Crippen molar-refractivity contribution in [2.45, 2.75) is 46.1 Å². The number of aryl methyl sites for hydroxylation is 1. The van der Waals surface area contributed by atoms with Gasteiger partial charge in [-0.15, -0.1) is 0 Å². The largest absolute Gasteiger partial charge is 0.361 e. The number of carbonyl (C=O) groups excluding carboxylic acids is 1. The lowest BCUT2D eigenvalue weighted by atomic mass is 9.78. The molecular formula is C13H20N2O2. The molecule has 1 aromatic heterocycles. The highest BCUT2D eigenvalue weighted by Crippen LogP contribution is 2.29. The van der Waals surface area contributed by atoms with Gasteiger partial charge in [-0.1, -0.05) is 31.8 Å². The molecule has 1 saturated carbocycles. The number of hydrogen-bond acceptors (Lipinski definition) is 3. The van der Waals surface area contributed by atoms with Crippen molar-refractivity contribution < 1.29 is 9.32 Å². The minimum absolute atomic E-state index is 0.118. The number of aromatic nitrogens is 1. The summed E-state index contributed by atoms with van der Waals surface area (Å²) in [6.07, 6.45) is 3.51. The fourth-order valence-electron chi connectivity index (χ4n) is 2.50. The van der Waals surface area contributed by atoms with Gasteiger partial charge >= 0.3 is 0 Å². The summed E-state index contributed by atoms with van der Waals surface area (Å²) in [6, 6.07) is 1.94. The molecule has 94 valence electrons. The standard InChI is InChI=1S/C13H20N2O2/c1-8-5-4-6-11(10(8)3)14-13(16)12-7-9(2)17-15-12/h7-8,10-11H,4-6H2,1-3H3,(H,14,16)/t8-,10-,11-/m1/s1. The first-order valence-electron chi connectivity index (χ1n) is 6.32. The van der Waals surface area contributed by atoms with E-state index in [0.717, 1.165) is 6.42 Å². The van der Waals surface area contributed by atoms with Crippen LogP contribution < -0.4 is 5.32 Å². The predicted molar refractivity (Wildman–Crippen MR) is 64.7 cm³/mol. The summed E-state index contributed by atoms with van der Waals surface area (Å²) < 4.78 is 4.91. The van der Waals surface area contributed by atoms with Crippen LogP contribution in [-0.2, 0) is 0 Å². The van der Waals surface area contributed by atoms with E-state index in [1.165, 1.54) is 12.8 Å². The second kappa shape index (κ2) is 4.90. The summed E-state index contributed by atoms with van der Waals surface area (Å²) in [4.78, 5) is 11.9. The molecule has 1 aromatic rings. The van der Waals surface area contributed by atoms with E-state index < -0.39 is 0 Å². The second-order valence-electron chi connectivity index (χ2n) is 5.17. The summed E-state index contributed by atoms with van der Waals surface area (Å²) in [5, 5.41) is 6.81. The van der Waals surface area contributed by atoms with Crippen LogP contribution in [-0.4, -0.2) is 17.1 Å². The van der Waals surface area contributed by atoms with E-state index in [1.54, 1.807) is 13.0 Å². The van der Waals surface area contributed by atoms with Crippen molar-refractivity contribution in [2.24, 2.45) is 11.8 Å². The van der Waals surface area contributed by atoms with Crippen LogP contribution >= 0.6 is 0 Å². The molecular weight excluding hydrogens is 216 g/mol. The Morgan fingerprint density at radius 3 is 2.88 bits per heavy atom.